The number of hydrogen-bond donors (Lipinski definition) is 2. The molecule has 2 amide bonds. The van der Waals surface area contributed by atoms with Crippen LogP contribution in [0, 0.1) is 6.92 Å². The Labute approximate surface area is 146 Å². The Morgan fingerprint density at radius 1 is 1.21 bits per heavy atom. The Morgan fingerprint density at radius 2 is 1.92 bits per heavy atom. The summed E-state index contributed by atoms with van der Waals surface area (Å²) in [7, 11) is 0. The molecule has 1 heterocycles. The Bertz CT molecular complexity index is 708. The van der Waals surface area contributed by atoms with Crippen molar-refractivity contribution in [3.05, 3.63) is 34.7 Å². The third kappa shape index (κ3) is 5.16. The summed E-state index contributed by atoms with van der Waals surface area (Å²) in [6.07, 6.45) is 2.44. The van der Waals surface area contributed by atoms with Crippen LogP contribution in [0.4, 0.5) is 5.13 Å². The van der Waals surface area contributed by atoms with Gasteiger partial charge in [0.1, 0.15) is 0 Å². The number of rotatable bonds is 7. The summed E-state index contributed by atoms with van der Waals surface area (Å²) in [6.45, 7) is 5.93. The zero-order chi connectivity index (χ0) is 17.5. The Kier molecular flexibility index (Phi) is 6.49. The number of nitrogens with zero attached hydrogens (tertiary/aromatic N) is 1. The monoisotopic (exact) mass is 345 g/mol. The molecule has 0 aliphatic carbocycles. The molecule has 0 aliphatic heterocycles. The van der Waals surface area contributed by atoms with Crippen molar-refractivity contribution in [3.8, 4) is 11.3 Å². The van der Waals surface area contributed by atoms with Crippen LogP contribution in [-0.2, 0) is 16.0 Å². The summed E-state index contributed by atoms with van der Waals surface area (Å²) in [5, 5.41) is 5.99. The van der Waals surface area contributed by atoms with Crippen LogP contribution in [0.15, 0.2) is 24.3 Å². The van der Waals surface area contributed by atoms with Crippen molar-refractivity contribution in [2.45, 2.75) is 40.0 Å². The average Bonchev–Trinajstić information content (AvgIpc) is 2.88. The van der Waals surface area contributed by atoms with Crippen molar-refractivity contribution in [2.24, 2.45) is 0 Å². The number of thiazole rings is 1. The minimum absolute atomic E-state index is 0.137. The second-order valence-electron chi connectivity index (χ2n) is 5.65. The number of aryl methyl sites for hydroxylation is 2. The van der Waals surface area contributed by atoms with E-state index >= 15 is 0 Å². The molecule has 0 atom stereocenters. The number of carbonyl (C=O) groups is 2. The first-order chi connectivity index (χ1) is 11.5. The zero-order valence-corrected chi connectivity index (χ0v) is 15.1. The fraction of sp³-hybridized carbons (Fsp3) is 0.389. The van der Waals surface area contributed by atoms with Gasteiger partial charge in [0.15, 0.2) is 5.13 Å². The van der Waals surface area contributed by atoms with Crippen LogP contribution < -0.4 is 10.6 Å². The maximum absolute atomic E-state index is 11.9. The number of aromatic nitrogens is 1. The Hall–Kier alpha value is -2.21. The third-order valence-corrected chi connectivity index (χ3v) is 4.42. The molecule has 6 heteroatoms. The molecule has 0 spiro atoms. The first-order valence-corrected chi connectivity index (χ1v) is 8.92. The van der Waals surface area contributed by atoms with E-state index in [0.29, 0.717) is 11.7 Å². The summed E-state index contributed by atoms with van der Waals surface area (Å²) in [5.74, 6) is -0.288. The van der Waals surface area contributed by atoms with E-state index in [1.807, 2.05) is 6.92 Å². The van der Waals surface area contributed by atoms with Gasteiger partial charge in [-0.05, 0) is 18.9 Å². The molecule has 0 bridgehead atoms. The summed E-state index contributed by atoms with van der Waals surface area (Å²) >= 11 is 1.46. The van der Waals surface area contributed by atoms with Crippen molar-refractivity contribution in [2.75, 3.05) is 11.9 Å². The van der Waals surface area contributed by atoms with E-state index in [1.54, 1.807) is 0 Å². The van der Waals surface area contributed by atoms with Crippen molar-refractivity contribution < 1.29 is 9.59 Å². The standard InChI is InChI=1S/C18H23N3O2S/c1-4-5-14-6-8-15(9-7-14)17-12(2)24-18(21-17)20-16(23)10-11-19-13(3)22/h6-9H,4-5,10-11H2,1-3H3,(H,19,22)(H,20,21,23). The van der Waals surface area contributed by atoms with Gasteiger partial charge in [-0.1, -0.05) is 37.6 Å². The molecule has 0 radical (unpaired) electrons. The highest BCUT2D eigenvalue weighted by atomic mass is 32.1. The maximum Gasteiger partial charge on any atom is 0.227 e. The molecule has 1 aromatic heterocycles. The second-order valence-corrected chi connectivity index (χ2v) is 6.86. The normalized spacial score (nSPS) is 10.5. The number of anilines is 1. The van der Waals surface area contributed by atoms with E-state index in [9.17, 15) is 9.59 Å². The van der Waals surface area contributed by atoms with Crippen molar-refractivity contribution >= 4 is 28.3 Å². The highest BCUT2D eigenvalue weighted by Gasteiger charge is 2.12. The van der Waals surface area contributed by atoms with Gasteiger partial charge in [0.05, 0.1) is 5.69 Å². The molecular formula is C18H23N3O2S. The van der Waals surface area contributed by atoms with Gasteiger partial charge in [0.25, 0.3) is 0 Å². The van der Waals surface area contributed by atoms with Crippen molar-refractivity contribution in [3.63, 3.8) is 0 Å². The average molecular weight is 345 g/mol. The first-order valence-electron chi connectivity index (χ1n) is 8.10. The summed E-state index contributed by atoms with van der Waals surface area (Å²) in [5.41, 5.74) is 3.28. The van der Waals surface area contributed by atoms with Gasteiger partial charge in [0.2, 0.25) is 11.8 Å². The molecule has 0 saturated carbocycles. The van der Waals surface area contributed by atoms with Gasteiger partial charge in [-0.2, -0.15) is 0 Å². The zero-order valence-electron chi connectivity index (χ0n) is 14.3. The fourth-order valence-corrected chi connectivity index (χ4v) is 3.22. The van der Waals surface area contributed by atoms with E-state index in [2.05, 4.69) is 46.8 Å². The molecule has 0 saturated heterocycles. The number of benzene rings is 1. The van der Waals surface area contributed by atoms with Crippen LogP contribution in [0.25, 0.3) is 11.3 Å². The largest absolute Gasteiger partial charge is 0.356 e. The Balaban J connectivity index is 2.01. The molecule has 0 aliphatic rings. The smallest absolute Gasteiger partial charge is 0.227 e. The lowest BCUT2D eigenvalue weighted by Gasteiger charge is -2.03. The predicted octanol–water partition coefficient (Wildman–Crippen LogP) is 3.54. The first kappa shape index (κ1) is 18.1. The molecular weight excluding hydrogens is 322 g/mol. The molecule has 2 aromatic rings. The fourth-order valence-electron chi connectivity index (χ4n) is 2.37. The van der Waals surface area contributed by atoms with Gasteiger partial charge in [-0.25, -0.2) is 4.98 Å². The van der Waals surface area contributed by atoms with Gasteiger partial charge >= 0.3 is 0 Å². The van der Waals surface area contributed by atoms with Crippen molar-refractivity contribution in [1.29, 1.82) is 0 Å². The van der Waals surface area contributed by atoms with Crippen molar-refractivity contribution in [1.82, 2.24) is 10.3 Å². The highest BCUT2D eigenvalue weighted by Crippen LogP contribution is 2.30. The molecule has 0 fully saturated rings. The van der Waals surface area contributed by atoms with Crippen LogP contribution in [0.1, 0.15) is 37.1 Å². The third-order valence-electron chi connectivity index (χ3n) is 3.54. The molecule has 2 N–H and O–H groups in total. The summed E-state index contributed by atoms with van der Waals surface area (Å²) < 4.78 is 0. The van der Waals surface area contributed by atoms with E-state index in [-0.39, 0.29) is 18.2 Å². The van der Waals surface area contributed by atoms with Gasteiger partial charge in [-0.15, -0.1) is 11.3 Å². The lowest BCUT2D eigenvalue weighted by Crippen LogP contribution is -2.25. The number of carbonyl (C=O) groups excluding carboxylic acids is 2. The topological polar surface area (TPSA) is 71.1 Å². The quantitative estimate of drug-likeness (QED) is 0.806. The Morgan fingerprint density at radius 3 is 2.54 bits per heavy atom. The van der Waals surface area contributed by atoms with Crippen LogP contribution in [0.5, 0.6) is 0 Å². The summed E-state index contributed by atoms with van der Waals surface area (Å²) in [4.78, 5) is 28.3. The van der Waals surface area contributed by atoms with Gasteiger partial charge < -0.3 is 10.6 Å². The lowest BCUT2D eigenvalue weighted by atomic mass is 10.1. The maximum atomic E-state index is 11.9. The number of amides is 2. The van der Waals surface area contributed by atoms with E-state index in [4.69, 9.17) is 0 Å². The molecule has 1 aromatic carbocycles. The van der Waals surface area contributed by atoms with Gasteiger partial charge in [-0.3, -0.25) is 9.59 Å². The molecule has 5 nitrogen and oxygen atoms in total. The van der Waals surface area contributed by atoms with E-state index in [1.165, 1.54) is 23.8 Å². The molecule has 128 valence electrons. The molecule has 2 rings (SSSR count). The minimum Gasteiger partial charge on any atom is -0.356 e. The second kappa shape index (κ2) is 8.59. The predicted molar refractivity (Wildman–Crippen MR) is 98.2 cm³/mol. The summed E-state index contributed by atoms with van der Waals surface area (Å²) in [6, 6.07) is 8.41. The highest BCUT2D eigenvalue weighted by molar-refractivity contribution is 7.16. The van der Waals surface area contributed by atoms with Crippen LogP contribution >= 0.6 is 11.3 Å². The van der Waals surface area contributed by atoms with E-state index in [0.717, 1.165) is 29.0 Å². The van der Waals surface area contributed by atoms with E-state index < -0.39 is 0 Å². The lowest BCUT2D eigenvalue weighted by molar-refractivity contribution is -0.119. The minimum atomic E-state index is -0.151. The molecule has 24 heavy (non-hydrogen) atoms. The molecule has 0 unspecified atom stereocenters. The van der Waals surface area contributed by atoms with Gasteiger partial charge in [0, 0.05) is 30.3 Å². The van der Waals surface area contributed by atoms with Crippen LogP contribution in [0.3, 0.4) is 0 Å². The number of nitrogens with one attached hydrogen (secondary N) is 2. The SMILES string of the molecule is CCCc1ccc(-c2nc(NC(=O)CCNC(C)=O)sc2C)cc1. The number of hydrogen-bond acceptors (Lipinski definition) is 4. The van der Waals surface area contributed by atoms with Crippen LogP contribution in [-0.4, -0.2) is 23.3 Å². The van der Waals surface area contributed by atoms with Crippen LogP contribution in [0.2, 0.25) is 0 Å².